The summed E-state index contributed by atoms with van der Waals surface area (Å²) in [5, 5.41) is 8.83. The predicted molar refractivity (Wildman–Crippen MR) is 45.6 cm³/mol. The molecular weight excluding hydrogens is 213 g/mol. The lowest BCUT2D eigenvalue weighted by Gasteiger charge is -2.11. The van der Waals surface area contributed by atoms with E-state index in [1.807, 2.05) is 0 Å². The van der Waals surface area contributed by atoms with Crippen molar-refractivity contribution in [2.75, 3.05) is 7.11 Å². The van der Waals surface area contributed by atoms with Crippen molar-refractivity contribution in [1.82, 2.24) is 0 Å². The number of hydrogen-bond acceptors (Lipinski definition) is 3. The fourth-order valence-corrected chi connectivity index (χ4v) is 1.05. The van der Waals surface area contributed by atoms with Gasteiger partial charge in [-0.05, 0) is 12.1 Å². The number of halogens is 3. The third-order valence-electron chi connectivity index (χ3n) is 1.66. The van der Waals surface area contributed by atoms with Crippen LogP contribution < -0.4 is 9.47 Å². The van der Waals surface area contributed by atoms with Crippen LogP contribution >= 0.6 is 0 Å². The molecule has 0 aliphatic heterocycles. The van der Waals surface area contributed by atoms with Gasteiger partial charge in [-0.15, -0.1) is 13.2 Å². The van der Waals surface area contributed by atoms with Gasteiger partial charge >= 0.3 is 6.36 Å². The second-order valence-corrected chi connectivity index (χ2v) is 2.68. The second kappa shape index (κ2) is 4.39. The van der Waals surface area contributed by atoms with Crippen molar-refractivity contribution in [3.05, 3.63) is 23.8 Å². The lowest BCUT2D eigenvalue weighted by molar-refractivity contribution is -0.274. The number of rotatable bonds is 3. The quantitative estimate of drug-likeness (QED) is 0.850. The van der Waals surface area contributed by atoms with Crippen LogP contribution in [0.4, 0.5) is 13.2 Å². The highest BCUT2D eigenvalue weighted by atomic mass is 19.4. The first kappa shape index (κ1) is 11.6. The monoisotopic (exact) mass is 222 g/mol. The maximum atomic E-state index is 11.8. The molecule has 0 bridgehead atoms. The van der Waals surface area contributed by atoms with Gasteiger partial charge in [0.2, 0.25) is 0 Å². The predicted octanol–water partition coefficient (Wildman–Crippen LogP) is 2.09. The molecule has 0 fully saturated rings. The van der Waals surface area contributed by atoms with Crippen molar-refractivity contribution in [3.63, 3.8) is 0 Å². The molecule has 0 spiro atoms. The standard InChI is InChI=1S/C9H9F3O3/c1-14-8-4-7(15-9(10,11)12)3-2-6(8)5-13/h2-4,13H,5H2,1H3. The molecule has 15 heavy (non-hydrogen) atoms. The summed E-state index contributed by atoms with van der Waals surface area (Å²) in [4.78, 5) is 0. The van der Waals surface area contributed by atoms with E-state index in [0.29, 0.717) is 5.56 Å². The molecule has 0 unspecified atom stereocenters. The Kier molecular flexibility index (Phi) is 3.41. The van der Waals surface area contributed by atoms with E-state index in [1.54, 1.807) is 0 Å². The van der Waals surface area contributed by atoms with E-state index in [4.69, 9.17) is 9.84 Å². The van der Waals surface area contributed by atoms with Crippen LogP contribution in [-0.2, 0) is 6.61 Å². The van der Waals surface area contributed by atoms with Crippen LogP contribution in [0.5, 0.6) is 11.5 Å². The normalized spacial score (nSPS) is 11.3. The van der Waals surface area contributed by atoms with E-state index < -0.39 is 6.36 Å². The average Bonchev–Trinajstić information content (AvgIpc) is 2.15. The summed E-state index contributed by atoms with van der Waals surface area (Å²) in [6, 6.07) is 3.49. The van der Waals surface area contributed by atoms with Gasteiger partial charge in [0.25, 0.3) is 0 Å². The summed E-state index contributed by atoms with van der Waals surface area (Å²) in [6.07, 6.45) is -4.73. The second-order valence-electron chi connectivity index (χ2n) is 2.68. The van der Waals surface area contributed by atoms with Gasteiger partial charge in [-0.2, -0.15) is 0 Å². The molecule has 84 valence electrons. The molecule has 3 nitrogen and oxygen atoms in total. The molecule has 0 heterocycles. The molecule has 0 aliphatic rings. The maximum absolute atomic E-state index is 11.8. The highest BCUT2D eigenvalue weighted by Crippen LogP contribution is 2.28. The van der Waals surface area contributed by atoms with Gasteiger partial charge in [0.05, 0.1) is 13.7 Å². The number of aliphatic hydroxyl groups is 1. The van der Waals surface area contributed by atoms with Crippen molar-refractivity contribution >= 4 is 0 Å². The summed E-state index contributed by atoms with van der Waals surface area (Å²) in [5.74, 6) is -0.226. The van der Waals surface area contributed by atoms with Crippen molar-refractivity contribution in [2.45, 2.75) is 13.0 Å². The SMILES string of the molecule is COc1cc(OC(F)(F)F)ccc1CO. The smallest absolute Gasteiger partial charge is 0.496 e. The van der Waals surface area contributed by atoms with E-state index in [2.05, 4.69) is 4.74 Å². The molecule has 0 aromatic heterocycles. The fraction of sp³-hybridized carbons (Fsp3) is 0.333. The number of hydrogen-bond donors (Lipinski definition) is 1. The molecule has 0 radical (unpaired) electrons. The minimum atomic E-state index is -4.73. The highest BCUT2D eigenvalue weighted by Gasteiger charge is 2.31. The molecule has 0 atom stereocenters. The van der Waals surface area contributed by atoms with E-state index in [-0.39, 0.29) is 18.1 Å². The Hall–Kier alpha value is -1.43. The van der Waals surface area contributed by atoms with Crippen LogP contribution in [-0.4, -0.2) is 18.6 Å². The number of ether oxygens (including phenoxy) is 2. The molecule has 1 rings (SSSR count). The lowest BCUT2D eigenvalue weighted by Crippen LogP contribution is -2.17. The number of benzene rings is 1. The van der Waals surface area contributed by atoms with Gasteiger partial charge in [-0.25, -0.2) is 0 Å². The topological polar surface area (TPSA) is 38.7 Å². The molecule has 0 saturated heterocycles. The van der Waals surface area contributed by atoms with E-state index >= 15 is 0 Å². The van der Waals surface area contributed by atoms with Crippen molar-refractivity contribution in [2.24, 2.45) is 0 Å². The minimum absolute atomic E-state index is 0.152. The van der Waals surface area contributed by atoms with Crippen LogP contribution in [0, 0.1) is 0 Å². The molecule has 1 N–H and O–H groups in total. The Morgan fingerprint density at radius 1 is 1.33 bits per heavy atom. The summed E-state index contributed by atoms with van der Waals surface area (Å²) in [7, 11) is 1.30. The van der Waals surface area contributed by atoms with Gasteiger partial charge in [-0.3, -0.25) is 0 Å². The Morgan fingerprint density at radius 3 is 2.47 bits per heavy atom. The first-order valence-corrected chi connectivity index (χ1v) is 4.00. The van der Waals surface area contributed by atoms with Gasteiger partial charge in [-0.1, -0.05) is 0 Å². The number of alkyl halides is 3. The first-order valence-electron chi connectivity index (χ1n) is 4.00. The summed E-state index contributed by atoms with van der Waals surface area (Å²) < 4.78 is 44.0. The zero-order chi connectivity index (χ0) is 11.5. The van der Waals surface area contributed by atoms with E-state index in [0.717, 1.165) is 12.1 Å². The zero-order valence-corrected chi connectivity index (χ0v) is 7.84. The van der Waals surface area contributed by atoms with Crippen LogP contribution in [0.3, 0.4) is 0 Å². The molecule has 1 aromatic carbocycles. The molecule has 0 amide bonds. The maximum Gasteiger partial charge on any atom is 0.573 e. The zero-order valence-electron chi connectivity index (χ0n) is 7.84. The number of aliphatic hydroxyl groups excluding tert-OH is 1. The first-order chi connectivity index (χ1) is 6.96. The third-order valence-corrected chi connectivity index (χ3v) is 1.66. The Labute approximate surface area is 84.0 Å². The van der Waals surface area contributed by atoms with Crippen LogP contribution in [0.25, 0.3) is 0 Å². The molecule has 0 saturated carbocycles. The van der Waals surface area contributed by atoms with Gasteiger partial charge in [0.1, 0.15) is 11.5 Å². The van der Waals surface area contributed by atoms with Crippen molar-refractivity contribution < 1.29 is 27.8 Å². The van der Waals surface area contributed by atoms with E-state index in [1.165, 1.54) is 13.2 Å². The van der Waals surface area contributed by atoms with E-state index in [9.17, 15) is 13.2 Å². The van der Waals surface area contributed by atoms with Crippen LogP contribution in [0.2, 0.25) is 0 Å². The Bertz CT molecular complexity index is 336. The molecule has 0 aliphatic carbocycles. The molecular formula is C9H9F3O3. The van der Waals surface area contributed by atoms with Crippen molar-refractivity contribution in [3.8, 4) is 11.5 Å². The summed E-state index contributed by atoms with van der Waals surface area (Å²) >= 11 is 0. The largest absolute Gasteiger partial charge is 0.573 e. The molecule has 6 heteroatoms. The fourth-order valence-electron chi connectivity index (χ4n) is 1.05. The average molecular weight is 222 g/mol. The lowest BCUT2D eigenvalue weighted by atomic mass is 10.2. The number of methoxy groups -OCH3 is 1. The summed E-state index contributed by atoms with van der Waals surface area (Å²) in [5.41, 5.74) is 0.395. The van der Waals surface area contributed by atoms with Gasteiger partial charge in [0.15, 0.2) is 0 Å². The van der Waals surface area contributed by atoms with Crippen LogP contribution in [0.1, 0.15) is 5.56 Å². The Morgan fingerprint density at radius 2 is 2.00 bits per heavy atom. The third kappa shape index (κ3) is 3.32. The minimum Gasteiger partial charge on any atom is -0.496 e. The van der Waals surface area contributed by atoms with Crippen LogP contribution in [0.15, 0.2) is 18.2 Å². The van der Waals surface area contributed by atoms with Crippen molar-refractivity contribution in [1.29, 1.82) is 0 Å². The van der Waals surface area contributed by atoms with Gasteiger partial charge < -0.3 is 14.6 Å². The highest BCUT2D eigenvalue weighted by molar-refractivity contribution is 5.40. The Balaban J connectivity index is 2.93. The molecule has 1 aromatic rings. The summed E-state index contributed by atoms with van der Waals surface area (Å²) in [6.45, 7) is -0.310. The van der Waals surface area contributed by atoms with Gasteiger partial charge in [0, 0.05) is 11.6 Å².